The third-order valence-electron chi connectivity index (χ3n) is 6.72. The Hall–Kier alpha value is -3.62. The molecule has 1 aliphatic heterocycles. The second-order valence-corrected chi connectivity index (χ2v) is 11.1. The number of hydrogen-bond acceptors (Lipinski definition) is 5. The quantitative estimate of drug-likeness (QED) is 0.433. The first kappa shape index (κ1) is 24.1. The Labute approximate surface area is 209 Å². The number of fused-ring (bicyclic) bond motifs is 1. The van der Waals surface area contributed by atoms with Crippen LogP contribution < -0.4 is 0 Å². The molecule has 1 N–H and O–H groups in total. The van der Waals surface area contributed by atoms with Gasteiger partial charge in [0.25, 0.3) is 5.91 Å². The number of carbonyl (C=O) groups is 1. The highest BCUT2D eigenvalue weighted by atomic mass is 32.2. The van der Waals surface area contributed by atoms with Crippen LogP contribution in [0.5, 0.6) is 0 Å². The van der Waals surface area contributed by atoms with E-state index in [1.54, 1.807) is 41.3 Å². The molecule has 1 aliphatic rings. The molecule has 0 atom stereocenters. The van der Waals surface area contributed by atoms with Crippen molar-refractivity contribution in [2.75, 3.05) is 13.1 Å². The predicted molar refractivity (Wildman–Crippen MR) is 135 cm³/mol. The second-order valence-electron chi connectivity index (χ2n) is 9.13. The molecule has 3 aromatic carbocycles. The fraction of sp³-hybridized carbons (Fsp3) is 0.214. The van der Waals surface area contributed by atoms with E-state index in [1.165, 1.54) is 12.1 Å². The molecule has 1 aromatic heterocycles. The Morgan fingerprint density at radius 1 is 0.972 bits per heavy atom. The molecule has 1 saturated heterocycles. The lowest BCUT2D eigenvalue weighted by Crippen LogP contribution is -2.45. The lowest BCUT2D eigenvalue weighted by molar-refractivity contribution is -0.0211. The summed E-state index contributed by atoms with van der Waals surface area (Å²) in [6.07, 6.45) is 1.90. The van der Waals surface area contributed by atoms with Crippen LogP contribution in [0.25, 0.3) is 10.9 Å². The average Bonchev–Trinajstić information content (AvgIpc) is 2.89. The average molecular weight is 505 g/mol. The van der Waals surface area contributed by atoms with Crippen LogP contribution >= 0.6 is 0 Å². The van der Waals surface area contributed by atoms with E-state index < -0.39 is 21.3 Å². The van der Waals surface area contributed by atoms with Gasteiger partial charge in [-0.2, -0.15) is 0 Å². The van der Waals surface area contributed by atoms with Crippen molar-refractivity contribution >= 4 is 26.6 Å². The normalized spacial score (nSPS) is 15.7. The zero-order valence-corrected chi connectivity index (χ0v) is 20.3. The number of rotatable bonds is 5. The minimum atomic E-state index is -3.75. The predicted octanol–water partition coefficient (Wildman–Crippen LogP) is 4.47. The van der Waals surface area contributed by atoms with Crippen LogP contribution in [-0.4, -0.2) is 42.4 Å². The van der Waals surface area contributed by atoms with Gasteiger partial charge < -0.3 is 10.0 Å². The SMILES string of the molecule is O=C(c1ccc(CS(=O)(=O)c2cccc3cc(F)cnc23)cc1)N1CCC(O)(c2ccccc2)CC1. The third-order valence-corrected chi connectivity index (χ3v) is 8.44. The van der Waals surface area contributed by atoms with E-state index in [1.807, 2.05) is 30.3 Å². The molecule has 4 aromatic rings. The van der Waals surface area contributed by atoms with Crippen molar-refractivity contribution in [3.8, 4) is 0 Å². The van der Waals surface area contributed by atoms with Crippen LogP contribution in [0, 0.1) is 5.82 Å². The molecule has 0 aliphatic carbocycles. The third kappa shape index (κ3) is 4.74. The first-order valence-electron chi connectivity index (χ1n) is 11.7. The number of pyridine rings is 1. The highest BCUT2D eigenvalue weighted by Crippen LogP contribution is 2.33. The standard InChI is InChI=1S/C28H25FN2O4S/c29-24-17-22-5-4-8-25(26(22)30-18-24)36(34,35)19-20-9-11-21(12-10-20)27(32)31-15-13-28(33,14-16-31)23-6-2-1-3-7-23/h1-12,17-18,33H,13-16,19H2. The molecule has 2 heterocycles. The van der Waals surface area contributed by atoms with Crippen LogP contribution in [0.15, 0.2) is 90.0 Å². The van der Waals surface area contributed by atoms with Crippen LogP contribution in [0.1, 0.15) is 34.3 Å². The highest BCUT2D eigenvalue weighted by molar-refractivity contribution is 7.90. The number of sulfone groups is 1. The summed E-state index contributed by atoms with van der Waals surface area (Å²) in [6, 6.07) is 21.9. The van der Waals surface area contributed by atoms with E-state index in [2.05, 4.69) is 4.98 Å². The van der Waals surface area contributed by atoms with Gasteiger partial charge in [0.2, 0.25) is 0 Å². The van der Waals surface area contributed by atoms with Crippen LogP contribution in [-0.2, 0) is 21.2 Å². The summed E-state index contributed by atoms with van der Waals surface area (Å²) in [4.78, 5) is 18.8. The molecule has 0 spiro atoms. The van der Waals surface area contributed by atoms with E-state index in [0.717, 1.165) is 11.8 Å². The second kappa shape index (κ2) is 9.44. The van der Waals surface area contributed by atoms with Crippen LogP contribution in [0.4, 0.5) is 4.39 Å². The Kier molecular flexibility index (Phi) is 6.32. The fourth-order valence-electron chi connectivity index (χ4n) is 4.70. The van der Waals surface area contributed by atoms with Gasteiger partial charge in [-0.05, 0) is 48.2 Å². The van der Waals surface area contributed by atoms with Gasteiger partial charge in [-0.25, -0.2) is 12.8 Å². The van der Waals surface area contributed by atoms with Gasteiger partial charge >= 0.3 is 0 Å². The van der Waals surface area contributed by atoms with Crippen molar-refractivity contribution in [2.45, 2.75) is 29.1 Å². The van der Waals surface area contributed by atoms with Crippen LogP contribution in [0.2, 0.25) is 0 Å². The summed E-state index contributed by atoms with van der Waals surface area (Å²) < 4.78 is 39.7. The lowest BCUT2D eigenvalue weighted by atomic mass is 9.84. The van der Waals surface area contributed by atoms with Gasteiger partial charge in [-0.3, -0.25) is 9.78 Å². The van der Waals surface area contributed by atoms with Crippen molar-refractivity contribution in [1.82, 2.24) is 9.88 Å². The highest BCUT2D eigenvalue weighted by Gasteiger charge is 2.35. The number of benzene rings is 3. The molecule has 8 heteroatoms. The first-order chi connectivity index (χ1) is 17.2. The number of nitrogens with zero attached hydrogens (tertiary/aromatic N) is 2. The Morgan fingerprint density at radius 3 is 2.36 bits per heavy atom. The van der Waals surface area contributed by atoms with E-state index in [0.29, 0.717) is 42.4 Å². The summed E-state index contributed by atoms with van der Waals surface area (Å²) in [5.41, 5.74) is 1.13. The number of amides is 1. The maximum Gasteiger partial charge on any atom is 0.253 e. The van der Waals surface area contributed by atoms with E-state index >= 15 is 0 Å². The maximum atomic E-state index is 13.5. The summed E-state index contributed by atoms with van der Waals surface area (Å²) in [5.74, 6) is -0.955. The molecule has 5 rings (SSSR count). The van der Waals surface area contributed by atoms with Gasteiger partial charge in [-0.1, -0.05) is 54.6 Å². The van der Waals surface area contributed by atoms with Crippen LogP contribution in [0.3, 0.4) is 0 Å². The topological polar surface area (TPSA) is 87.6 Å². The van der Waals surface area contributed by atoms with Crippen molar-refractivity contribution in [2.24, 2.45) is 0 Å². The minimum Gasteiger partial charge on any atom is -0.385 e. The molecule has 0 saturated carbocycles. The first-order valence-corrected chi connectivity index (χ1v) is 13.3. The van der Waals surface area contributed by atoms with Crippen molar-refractivity contribution < 1.29 is 22.7 Å². The molecule has 0 radical (unpaired) electrons. The zero-order valence-electron chi connectivity index (χ0n) is 19.5. The van der Waals surface area contributed by atoms with Gasteiger partial charge in [-0.15, -0.1) is 0 Å². The van der Waals surface area contributed by atoms with Crippen molar-refractivity contribution in [3.63, 3.8) is 0 Å². The molecule has 0 bridgehead atoms. The van der Waals surface area contributed by atoms with Gasteiger partial charge in [0.15, 0.2) is 9.84 Å². The number of aliphatic hydroxyl groups is 1. The molecule has 1 amide bonds. The lowest BCUT2D eigenvalue weighted by Gasteiger charge is -2.38. The maximum absolute atomic E-state index is 13.5. The van der Waals surface area contributed by atoms with E-state index in [-0.39, 0.29) is 22.1 Å². The largest absolute Gasteiger partial charge is 0.385 e. The molecular weight excluding hydrogens is 479 g/mol. The number of piperidine rings is 1. The Bertz CT molecular complexity index is 1510. The molecule has 184 valence electrons. The van der Waals surface area contributed by atoms with E-state index in [9.17, 15) is 22.7 Å². The summed E-state index contributed by atoms with van der Waals surface area (Å²) in [5, 5.41) is 11.4. The Balaban J connectivity index is 1.28. The number of halogens is 1. The van der Waals surface area contributed by atoms with Crippen molar-refractivity contribution in [1.29, 1.82) is 0 Å². The number of aromatic nitrogens is 1. The van der Waals surface area contributed by atoms with Gasteiger partial charge in [0, 0.05) is 24.0 Å². The monoisotopic (exact) mass is 504 g/mol. The van der Waals surface area contributed by atoms with Gasteiger partial charge in [0.05, 0.1) is 28.0 Å². The number of likely N-dealkylation sites (tertiary alicyclic amines) is 1. The van der Waals surface area contributed by atoms with Gasteiger partial charge in [0.1, 0.15) is 5.82 Å². The Morgan fingerprint density at radius 2 is 1.67 bits per heavy atom. The summed E-state index contributed by atoms with van der Waals surface area (Å²) in [7, 11) is -3.75. The zero-order chi connectivity index (χ0) is 25.3. The fourth-order valence-corrected chi connectivity index (χ4v) is 6.23. The number of hydrogen-bond donors (Lipinski definition) is 1. The minimum absolute atomic E-state index is 0.0411. The molecule has 1 fully saturated rings. The van der Waals surface area contributed by atoms with E-state index in [4.69, 9.17) is 0 Å². The molecular formula is C28H25FN2O4S. The molecule has 6 nitrogen and oxygen atoms in total. The number of para-hydroxylation sites is 1. The van der Waals surface area contributed by atoms with Crippen molar-refractivity contribution in [3.05, 3.63) is 108 Å². The molecule has 36 heavy (non-hydrogen) atoms. The molecule has 0 unspecified atom stereocenters. The number of carbonyl (C=O) groups excluding carboxylic acids is 1. The smallest absolute Gasteiger partial charge is 0.253 e. The summed E-state index contributed by atoms with van der Waals surface area (Å²) >= 11 is 0. The summed E-state index contributed by atoms with van der Waals surface area (Å²) in [6.45, 7) is 0.851.